The summed E-state index contributed by atoms with van der Waals surface area (Å²) in [5, 5.41) is 3.01. The van der Waals surface area contributed by atoms with Crippen LogP contribution in [0.25, 0.3) is 0 Å². The summed E-state index contributed by atoms with van der Waals surface area (Å²) in [6.45, 7) is 2.73. The van der Waals surface area contributed by atoms with E-state index in [0.29, 0.717) is 6.61 Å². The van der Waals surface area contributed by atoms with Gasteiger partial charge in [-0.15, -0.1) is 0 Å². The van der Waals surface area contributed by atoms with Gasteiger partial charge in [0.25, 0.3) is 0 Å². The number of nitrogens with one attached hydrogen (secondary N) is 1. The molecule has 0 bridgehead atoms. The molecule has 1 aromatic rings. The van der Waals surface area contributed by atoms with Crippen LogP contribution in [-0.4, -0.2) is 24.7 Å². The van der Waals surface area contributed by atoms with Crippen LogP contribution in [0.5, 0.6) is 0 Å². The Morgan fingerprint density at radius 2 is 2.22 bits per heavy atom. The van der Waals surface area contributed by atoms with Gasteiger partial charge in [0.2, 0.25) is 5.91 Å². The molecule has 0 radical (unpaired) electrons. The Kier molecular flexibility index (Phi) is 4.78. The fourth-order valence-electron chi connectivity index (χ4n) is 2.15. The van der Waals surface area contributed by atoms with Crippen molar-refractivity contribution in [1.29, 1.82) is 0 Å². The molecule has 1 aromatic carbocycles. The molecule has 1 N–H and O–H groups in total. The van der Waals surface area contributed by atoms with E-state index in [9.17, 15) is 4.79 Å². The maximum absolute atomic E-state index is 11.9. The number of amides is 1. The molecular formula is C14H18BrNO2. The molecular weight excluding hydrogens is 294 g/mol. The Morgan fingerprint density at radius 3 is 2.83 bits per heavy atom. The van der Waals surface area contributed by atoms with Gasteiger partial charge in [-0.25, -0.2) is 0 Å². The zero-order chi connectivity index (χ0) is 13.0. The fourth-order valence-corrected chi connectivity index (χ4v) is 2.41. The number of rotatable bonds is 4. The monoisotopic (exact) mass is 311 g/mol. The minimum Gasteiger partial charge on any atom is -0.368 e. The molecule has 3 nitrogen and oxygen atoms in total. The molecule has 0 spiro atoms. The van der Waals surface area contributed by atoms with Crippen molar-refractivity contribution in [2.24, 2.45) is 0 Å². The lowest BCUT2D eigenvalue weighted by Crippen LogP contribution is -2.40. The zero-order valence-corrected chi connectivity index (χ0v) is 12.1. The maximum Gasteiger partial charge on any atom is 0.249 e. The number of benzene rings is 1. The molecule has 1 saturated heterocycles. The second-order valence-corrected chi connectivity index (χ2v) is 5.66. The van der Waals surface area contributed by atoms with Crippen LogP contribution in [0.1, 0.15) is 25.3 Å². The van der Waals surface area contributed by atoms with E-state index in [1.165, 1.54) is 5.56 Å². The summed E-state index contributed by atoms with van der Waals surface area (Å²) in [7, 11) is 0. The van der Waals surface area contributed by atoms with Gasteiger partial charge in [0.1, 0.15) is 6.10 Å². The Bertz CT molecular complexity index is 399. The van der Waals surface area contributed by atoms with Crippen molar-refractivity contribution < 1.29 is 9.53 Å². The second-order valence-electron chi connectivity index (χ2n) is 4.74. The Morgan fingerprint density at radius 1 is 1.50 bits per heavy atom. The predicted molar refractivity (Wildman–Crippen MR) is 74.4 cm³/mol. The number of halogens is 1. The highest BCUT2D eigenvalue weighted by Crippen LogP contribution is 2.14. The Hall–Kier alpha value is -0.870. The summed E-state index contributed by atoms with van der Waals surface area (Å²) in [6.07, 6.45) is 2.43. The average molecular weight is 312 g/mol. The quantitative estimate of drug-likeness (QED) is 0.928. The lowest BCUT2D eigenvalue weighted by molar-refractivity contribution is -0.130. The first-order chi connectivity index (χ1) is 8.65. The molecule has 1 amide bonds. The third-order valence-corrected chi connectivity index (χ3v) is 3.59. The lowest BCUT2D eigenvalue weighted by Gasteiger charge is -2.16. The SMILES string of the molecule is C[C@@H](Cc1ccc(Br)cc1)NC(=O)[C@@H]1CCCO1. The van der Waals surface area contributed by atoms with Gasteiger partial charge in [-0.2, -0.15) is 0 Å². The van der Waals surface area contributed by atoms with Gasteiger partial charge >= 0.3 is 0 Å². The van der Waals surface area contributed by atoms with E-state index in [2.05, 4.69) is 33.4 Å². The fraction of sp³-hybridized carbons (Fsp3) is 0.500. The molecule has 1 aliphatic heterocycles. The van der Waals surface area contributed by atoms with Crippen molar-refractivity contribution >= 4 is 21.8 Å². The van der Waals surface area contributed by atoms with Crippen molar-refractivity contribution in [3.8, 4) is 0 Å². The third-order valence-electron chi connectivity index (χ3n) is 3.07. The highest BCUT2D eigenvalue weighted by Gasteiger charge is 2.24. The van der Waals surface area contributed by atoms with E-state index in [1.807, 2.05) is 19.1 Å². The topological polar surface area (TPSA) is 38.3 Å². The van der Waals surface area contributed by atoms with Crippen molar-refractivity contribution in [3.05, 3.63) is 34.3 Å². The van der Waals surface area contributed by atoms with E-state index in [4.69, 9.17) is 4.74 Å². The van der Waals surface area contributed by atoms with Gasteiger partial charge in [-0.1, -0.05) is 28.1 Å². The first kappa shape index (κ1) is 13.6. The van der Waals surface area contributed by atoms with E-state index in [0.717, 1.165) is 23.7 Å². The van der Waals surface area contributed by atoms with Gasteiger partial charge < -0.3 is 10.1 Å². The van der Waals surface area contributed by atoms with Crippen LogP contribution < -0.4 is 5.32 Å². The van der Waals surface area contributed by atoms with E-state index >= 15 is 0 Å². The van der Waals surface area contributed by atoms with Crippen LogP contribution in [0.15, 0.2) is 28.7 Å². The van der Waals surface area contributed by atoms with Crippen molar-refractivity contribution in [1.82, 2.24) is 5.32 Å². The zero-order valence-electron chi connectivity index (χ0n) is 10.5. The molecule has 1 aliphatic rings. The molecule has 0 saturated carbocycles. The molecule has 4 heteroatoms. The van der Waals surface area contributed by atoms with Gasteiger partial charge in [0, 0.05) is 17.1 Å². The molecule has 2 rings (SSSR count). The molecule has 0 aliphatic carbocycles. The van der Waals surface area contributed by atoms with Gasteiger partial charge in [-0.3, -0.25) is 4.79 Å². The van der Waals surface area contributed by atoms with Crippen molar-refractivity contribution in [2.75, 3.05) is 6.61 Å². The van der Waals surface area contributed by atoms with Crippen LogP contribution in [-0.2, 0) is 16.0 Å². The van der Waals surface area contributed by atoms with Crippen molar-refractivity contribution in [3.63, 3.8) is 0 Å². The number of hydrogen-bond donors (Lipinski definition) is 1. The predicted octanol–water partition coefficient (Wildman–Crippen LogP) is 2.68. The summed E-state index contributed by atoms with van der Waals surface area (Å²) in [5.74, 6) is 0.0251. The minimum absolute atomic E-state index is 0.0251. The van der Waals surface area contributed by atoms with Crippen molar-refractivity contribution in [2.45, 2.75) is 38.3 Å². The summed E-state index contributed by atoms with van der Waals surface area (Å²) in [5.41, 5.74) is 1.22. The number of ether oxygens (including phenoxy) is 1. The summed E-state index contributed by atoms with van der Waals surface area (Å²) >= 11 is 3.41. The largest absolute Gasteiger partial charge is 0.368 e. The molecule has 18 heavy (non-hydrogen) atoms. The second kappa shape index (κ2) is 6.34. The van der Waals surface area contributed by atoms with Gasteiger partial charge in [0.15, 0.2) is 0 Å². The number of carbonyl (C=O) groups is 1. The first-order valence-electron chi connectivity index (χ1n) is 6.31. The maximum atomic E-state index is 11.9. The summed E-state index contributed by atoms with van der Waals surface area (Å²) in [6, 6.07) is 8.30. The molecule has 98 valence electrons. The van der Waals surface area contributed by atoms with Crippen LogP contribution in [0.4, 0.5) is 0 Å². The van der Waals surface area contributed by atoms with Crippen LogP contribution in [0.2, 0.25) is 0 Å². The first-order valence-corrected chi connectivity index (χ1v) is 7.11. The molecule has 0 unspecified atom stereocenters. The van der Waals surface area contributed by atoms with Crippen LogP contribution in [0, 0.1) is 0 Å². The Balaban J connectivity index is 1.82. The number of hydrogen-bond acceptors (Lipinski definition) is 2. The highest BCUT2D eigenvalue weighted by molar-refractivity contribution is 9.10. The summed E-state index contributed by atoms with van der Waals surface area (Å²) < 4.78 is 6.43. The highest BCUT2D eigenvalue weighted by atomic mass is 79.9. The van der Waals surface area contributed by atoms with Crippen LogP contribution in [0.3, 0.4) is 0 Å². The lowest BCUT2D eigenvalue weighted by atomic mass is 10.1. The number of carbonyl (C=O) groups excluding carboxylic acids is 1. The molecule has 1 heterocycles. The van der Waals surface area contributed by atoms with E-state index < -0.39 is 0 Å². The third kappa shape index (κ3) is 3.82. The van der Waals surface area contributed by atoms with Gasteiger partial charge in [-0.05, 0) is 43.9 Å². The summed E-state index contributed by atoms with van der Waals surface area (Å²) in [4.78, 5) is 11.9. The Labute approximate surface area is 116 Å². The minimum atomic E-state index is -0.239. The standard InChI is InChI=1S/C14H18BrNO2/c1-10(9-11-4-6-12(15)7-5-11)16-14(17)13-3-2-8-18-13/h4-7,10,13H,2-3,8-9H2,1H3,(H,16,17)/t10-,13-/m0/s1. The van der Waals surface area contributed by atoms with Gasteiger partial charge in [0.05, 0.1) is 0 Å². The molecule has 0 aromatic heterocycles. The smallest absolute Gasteiger partial charge is 0.249 e. The van der Waals surface area contributed by atoms with Crippen LogP contribution >= 0.6 is 15.9 Å². The van der Waals surface area contributed by atoms with E-state index in [1.54, 1.807) is 0 Å². The molecule has 2 atom stereocenters. The normalized spacial score (nSPS) is 20.7. The molecule has 1 fully saturated rings. The average Bonchev–Trinajstić information content (AvgIpc) is 2.85. The van der Waals surface area contributed by atoms with E-state index in [-0.39, 0.29) is 18.1 Å².